The molecule has 0 radical (unpaired) electrons. The quantitative estimate of drug-likeness (QED) is 0.472. The molecule has 2 atom stereocenters. The second kappa shape index (κ2) is 7.51. The monoisotopic (exact) mass is 329 g/mol. The first kappa shape index (κ1) is 16.6. The van der Waals surface area contributed by atoms with Crippen LogP contribution in [0, 0.1) is 0 Å². The van der Waals surface area contributed by atoms with Gasteiger partial charge in [0.1, 0.15) is 12.7 Å². The minimum absolute atomic E-state index is 0.0183. The Labute approximate surface area is 142 Å². The third-order valence-electron chi connectivity index (χ3n) is 4.78. The Morgan fingerprint density at radius 1 is 1.38 bits per heavy atom. The number of ether oxygens (including phenoxy) is 2. The van der Waals surface area contributed by atoms with Crippen LogP contribution in [0.3, 0.4) is 0 Å². The molecule has 1 aliphatic heterocycles. The van der Waals surface area contributed by atoms with Crippen LogP contribution in [-0.4, -0.2) is 23.7 Å². The molecule has 3 rings (SSSR count). The molecular weight excluding hydrogens is 306 g/mol. The number of benzene rings is 1. The molecule has 1 amide bonds. The molecule has 0 spiro atoms. The smallest absolute Gasteiger partial charge is 0.408 e. The van der Waals surface area contributed by atoms with Gasteiger partial charge in [0.2, 0.25) is 0 Å². The molecule has 0 bridgehead atoms. The van der Waals surface area contributed by atoms with Gasteiger partial charge in [0.05, 0.1) is 5.54 Å². The van der Waals surface area contributed by atoms with Gasteiger partial charge in [-0.15, -0.1) is 0 Å². The number of carbonyl (C=O) groups is 2. The molecule has 0 unspecified atom stereocenters. The Balaban J connectivity index is 1.36. The molecule has 1 heterocycles. The number of alkyl carbamates (subject to hydrolysis) is 1. The summed E-state index contributed by atoms with van der Waals surface area (Å²) in [5.74, 6) is -0.326. The molecule has 2 fully saturated rings. The molecule has 24 heavy (non-hydrogen) atoms. The minimum atomic E-state index is -0.326. The van der Waals surface area contributed by atoms with Crippen molar-refractivity contribution >= 4 is 12.1 Å². The van der Waals surface area contributed by atoms with Crippen molar-refractivity contribution < 1.29 is 19.1 Å². The van der Waals surface area contributed by atoms with Gasteiger partial charge >= 0.3 is 12.1 Å². The molecule has 0 aromatic heterocycles. The van der Waals surface area contributed by atoms with Crippen molar-refractivity contribution in [2.45, 2.75) is 56.8 Å². The molecule has 1 aromatic carbocycles. The van der Waals surface area contributed by atoms with E-state index in [1.807, 2.05) is 36.4 Å². The third-order valence-corrected chi connectivity index (χ3v) is 4.78. The van der Waals surface area contributed by atoms with Crippen LogP contribution < -0.4 is 5.32 Å². The summed E-state index contributed by atoms with van der Waals surface area (Å²) in [5, 5.41) is 2.99. The van der Waals surface area contributed by atoms with Gasteiger partial charge in [-0.3, -0.25) is 0 Å². The van der Waals surface area contributed by atoms with Crippen molar-refractivity contribution in [2.24, 2.45) is 0 Å². The first-order chi connectivity index (χ1) is 11.7. The Hall–Kier alpha value is -2.30. The summed E-state index contributed by atoms with van der Waals surface area (Å²) in [6, 6.07) is 9.61. The molecular formula is C19H23NO4. The maximum absolute atomic E-state index is 11.7. The second-order valence-corrected chi connectivity index (χ2v) is 6.46. The van der Waals surface area contributed by atoms with Gasteiger partial charge in [0.15, 0.2) is 0 Å². The van der Waals surface area contributed by atoms with Gasteiger partial charge in [-0.25, -0.2) is 9.59 Å². The van der Waals surface area contributed by atoms with E-state index in [1.165, 1.54) is 6.08 Å². The molecule has 1 aromatic rings. The Morgan fingerprint density at radius 3 is 3.04 bits per heavy atom. The van der Waals surface area contributed by atoms with Crippen LogP contribution >= 0.6 is 0 Å². The fraction of sp³-hybridized carbons (Fsp3) is 0.474. The van der Waals surface area contributed by atoms with Gasteiger partial charge in [-0.1, -0.05) is 36.4 Å². The highest BCUT2D eigenvalue weighted by molar-refractivity contribution is 5.81. The van der Waals surface area contributed by atoms with Gasteiger partial charge in [0.25, 0.3) is 0 Å². The molecule has 2 aliphatic rings. The zero-order valence-electron chi connectivity index (χ0n) is 13.7. The van der Waals surface area contributed by atoms with E-state index in [0.717, 1.165) is 44.1 Å². The number of hydrogen-bond donors (Lipinski definition) is 1. The highest BCUT2D eigenvalue weighted by atomic mass is 16.6. The van der Waals surface area contributed by atoms with Crippen molar-refractivity contribution in [1.29, 1.82) is 0 Å². The molecule has 1 aliphatic carbocycles. The van der Waals surface area contributed by atoms with Crippen molar-refractivity contribution in [1.82, 2.24) is 5.32 Å². The van der Waals surface area contributed by atoms with Crippen LogP contribution in [0.4, 0.5) is 4.79 Å². The number of hydrogen-bond acceptors (Lipinski definition) is 4. The SMILES string of the molecule is O=C(/C=C/CCC[C@@]12CCC[C@@H]1OC(=O)N2)OCc1ccccc1. The Kier molecular flexibility index (Phi) is 5.18. The van der Waals surface area contributed by atoms with Gasteiger partial charge in [0, 0.05) is 6.08 Å². The summed E-state index contributed by atoms with van der Waals surface area (Å²) >= 11 is 0. The standard InChI is InChI=1S/C19H23NO4/c21-17(23-14-15-8-3-1-4-9-15)11-5-2-6-12-19-13-7-10-16(19)24-18(22)20-19/h1,3-5,8-9,11,16H,2,6-7,10,12-14H2,(H,20,22)/b11-5+/t16-,19+/m0/s1. The number of amides is 1. The van der Waals surface area contributed by atoms with E-state index in [9.17, 15) is 9.59 Å². The van der Waals surface area contributed by atoms with Crippen molar-refractivity contribution in [3.63, 3.8) is 0 Å². The summed E-state index contributed by atoms with van der Waals surface area (Å²) in [4.78, 5) is 23.1. The minimum Gasteiger partial charge on any atom is -0.458 e. The fourth-order valence-electron chi connectivity index (χ4n) is 3.56. The Morgan fingerprint density at radius 2 is 2.21 bits per heavy atom. The van der Waals surface area contributed by atoms with Gasteiger partial charge < -0.3 is 14.8 Å². The maximum atomic E-state index is 11.7. The molecule has 1 saturated carbocycles. The number of unbranched alkanes of at least 4 members (excludes halogenated alkanes) is 1. The first-order valence-electron chi connectivity index (χ1n) is 8.54. The number of carbonyl (C=O) groups excluding carboxylic acids is 2. The zero-order chi connectivity index (χ0) is 16.8. The van der Waals surface area contributed by atoms with E-state index >= 15 is 0 Å². The largest absolute Gasteiger partial charge is 0.458 e. The molecule has 5 nitrogen and oxygen atoms in total. The van der Waals surface area contributed by atoms with E-state index in [-0.39, 0.29) is 30.3 Å². The number of fused-ring (bicyclic) bond motifs is 1. The fourth-order valence-corrected chi connectivity index (χ4v) is 3.56. The van der Waals surface area contributed by atoms with Gasteiger partial charge in [-0.05, 0) is 44.1 Å². The van der Waals surface area contributed by atoms with E-state index in [1.54, 1.807) is 0 Å². The number of nitrogens with one attached hydrogen (secondary N) is 1. The van der Waals surface area contributed by atoms with Crippen LogP contribution in [0.15, 0.2) is 42.5 Å². The number of rotatable bonds is 7. The number of allylic oxidation sites excluding steroid dienone is 1. The third kappa shape index (κ3) is 3.96. The summed E-state index contributed by atoms with van der Waals surface area (Å²) < 4.78 is 10.5. The first-order valence-corrected chi connectivity index (χ1v) is 8.54. The molecule has 128 valence electrons. The van der Waals surface area contributed by atoms with E-state index in [2.05, 4.69) is 5.32 Å². The lowest BCUT2D eigenvalue weighted by atomic mass is 9.89. The highest BCUT2D eigenvalue weighted by Gasteiger charge is 2.50. The van der Waals surface area contributed by atoms with E-state index in [4.69, 9.17) is 9.47 Å². The van der Waals surface area contributed by atoms with Crippen LogP contribution in [0.25, 0.3) is 0 Å². The summed E-state index contributed by atoms with van der Waals surface area (Å²) in [6.07, 6.45) is 8.63. The molecule has 1 saturated heterocycles. The van der Waals surface area contributed by atoms with Crippen LogP contribution in [-0.2, 0) is 20.9 Å². The predicted molar refractivity (Wildman–Crippen MR) is 89.2 cm³/mol. The lowest BCUT2D eigenvalue weighted by Gasteiger charge is -2.25. The average Bonchev–Trinajstić information content (AvgIpc) is 3.09. The van der Waals surface area contributed by atoms with Gasteiger partial charge in [-0.2, -0.15) is 0 Å². The summed E-state index contributed by atoms with van der Waals surface area (Å²) in [6.45, 7) is 0.290. The van der Waals surface area contributed by atoms with Crippen molar-refractivity contribution in [3.05, 3.63) is 48.0 Å². The lowest BCUT2D eigenvalue weighted by molar-refractivity contribution is -0.139. The van der Waals surface area contributed by atoms with Crippen molar-refractivity contribution in [2.75, 3.05) is 0 Å². The Bertz CT molecular complexity index is 613. The average molecular weight is 329 g/mol. The lowest BCUT2D eigenvalue weighted by Crippen LogP contribution is -2.44. The normalized spacial score (nSPS) is 25.3. The topological polar surface area (TPSA) is 64.6 Å². The van der Waals surface area contributed by atoms with E-state index in [0.29, 0.717) is 0 Å². The van der Waals surface area contributed by atoms with Crippen LogP contribution in [0.5, 0.6) is 0 Å². The van der Waals surface area contributed by atoms with Crippen molar-refractivity contribution in [3.8, 4) is 0 Å². The number of esters is 1. The van der Waals surface area contributed by atoms with Crippen LogP contribution in [0.2, 0.25) is 0 Å². The van der Waals surface area contributed by atoms with Crippen LogP contribution in [0.1, 0.15) is 44.1 Å². The summed E-state index contributed by atoms with van der Waals surface area (Å²) in [7, 11) is 0. The summed E-state index contributed by atoms with van der Waals surface area (Å²) in [5.41, 5.74) is 0.793. The molecule has 1 N–H and O–H groups in total. The maximum Gasteiger partial charge on any atom is 0.408 e. The second-order valence-electron chi connectivity index (χ2n) is 6.46. The highest BCUT2D eigenvalue weighted by Crippen LogP contribution is 2.39. The zero-order valence-corrected chi connectivity index (χ0v) is 13.7. The van der Waals surface area contributed by atoms with E-state index < -0.39 is 0 Å². The predicted octanol–water partition coefficient (Wildman–Crippen LogP) is 3.49. The molecule has 5 heteroatoms.